The summed E-state index contributed by atoms with van der Waals surface area (Å²) in [6.45, 7) is 2.39. The second-order valence-electron chi connectivity index (χ2n) is 4.50. The summed E-state index contributed by atoms with van der Waals surface area (Å²) in [5.74, 6) is 0.537. The summed E-state index contributed by atoms with van der Waals surface area (Å²) >= 11 is 0. The van der Waals surface area contributed by atoms with Gasteiger partial charge in [0.15, 0.2) is 0 Å². The summed E-state index contributed by atoms with van der Waals surface area (Å²) in [5, 5.41) is 0. The molecule has 4 nitrogen and oxygen atoms in total. The molecular weight excluding hydrogens is 247 g/mol. The van der Waals surface area contributed by atoms with Crippen LogP contribution in [-0.4, -0.2) is 28.6 Å². The van der Waals surface area contributed by atoms with Crippen LogP contribution in [0.25, 0.3) is 0 Å². The van der Waals surface area contributed by atoms with Gasteiger partial charge >= 0.3 is 0 Å². The van der Waals surface area contributed by atoms with Crippen molar-refractivity contribution >= 4 is 23.7 Å². The Morgan fingerprint density at radius 3 is 2.56 bits per heavy atom. The highest BCUT2D eigenvalue weighted by molar-refractivity contribution is 7.90. The fourth-order valence-corrected chi connectivity index (χ4v) is 2.82. The first-order valence-electron chi connectivity index (χ1n) is 5.86. The van der Waals surface area contributed by atoms with Crippen LogP contribution in [0.4, 0.5) is 0 Å². The molecule has 1 atom stereocenters. The fourth-order valence-electron chi connectivity index (χ4n) is 1.73. The van der Waals surface area contributed by atoms with Gasteiger partial charge in [-0.2, -0.15) is 0 Å². The van der Waals surface area contributed by atoms with Gasteiger partial charge in [0.25, 0.3) is 10.0 Å². The van der Waals surface area contributed by atoms with Crippen LogP contribution in [0.3, 0.4) is 0 Å². The van der Waals surface area contributed by atoms with Crippen LogP contribution in [0.15, 0.2) is 34.2 Å². The highest BCUT2D eigenvalue weighted by atomic mass is 32.2. The Bertz CT molecular complexity index is 552. The topological polar surface area (TPSA) is 58.5 Å². The minimum atomic E-state index is -3.52. The lowest BCUT2D eigenvalue weighted by Crippen LogP contribution is -2.33. The Morgan fingerprint density at radius 1 is 1.33 bits per heavy atom. The molecule has 18 heavy (non-hydrogen) atoms. The average Bonchev–Trinajstić information content (AvgIpc) is 2.32. The lowest BCUT2D eigenvalue weighted by Gasteiger charge is -2.18. The van der Waals surface area contributed by atoms with Gasteiger partial charge in [-0.1, -0.05) is 23.5 Å². The third kappa shape index (κ3) is 3.13. The third-order valence-corrected chi connectivity index (χ3v) is 4.25. The number of rotatable bonds is 2. The van der Waals surface area contributed by atoms with E-state index in [9.17, 15) is 8.42 Å². The first kappa shape index (κ1) is 13.1. The van der Waals surface area contributed by atoms with Crippen LogP contribution in [0.1, 0.15) is 18.4 Å². The van der Waals surface area contributed by atoms with E-state index in [4.69, 9.17) is 7.85 Å². The van der Waals surface area contributed by atoms with Crippen LogP contribution in [0, 0.1) is 6.92 Å². The van der Waals surface area contributed by atoms with Crippen LogP contribution >= 0.6 is 0 Å². The minimum Gasteiger partial charge on any atom is -0.272 e. The zero-order chi connectivity index (χ0) is 13.2. The van der Waals surface area contributed by atoms with Crippen LogP contribution in [-0.2, 0) is 10.0 Å². The van der Waals surface area contributed by atoms with Crippen LogP contribution in [0.2, 0.25) is 5.82 Å². The average molecular weight is 262 g/mol. The van der Waals surface area contributed by atoms with Gasteiger partial charge in [0.2, 0.25) is 0 Å². The van der Waals surface area contributed by atoms with Crippen molar-refractivity contribution in [2.24, 2.45) is 4.99 Å². The number of hydrogen-bond acceptors (Lipinski definition) is 3. The van der Waals surface area contributed by atoms with Crippen molar-refractivity contribution in [3.63, 3.8) is 0 Å². The molecule has 6 heteroatoms. The SMILES string of the molecule is [B]C1CCC(NS(=O)(=O)c2ccc(C)cc2)=NC1. The van der Waals surface area contributed by atoms with E-state index in [0.717, 1.165) is 12.0 Å². The molecule has 0 saturated heterocycles. The summed E-state index contributed by atoms with van der Waals surface area (Å²) < 4.78 is 26.7. The summed E-state index contributed by atoms with van der Waals surface area (Å²) in [7, 11) is 2.19. The maximum atomic E-state index is 12.1. The largest absolute Gasteiger partial charge is 0.272 e. The summed E-state index contributed by atoms with van der Waals surface area (Å²) in [6, 6.07) is 6.72. The van der Waals surface area contributed by atoms with E-state index < -0.39 is 10.0 Å². The Morgan fingerprint density at radius 2 is 2.00 bits per heavy atom. The maximum Gasteiger partial charge on any atom is 0.262 e. The number of benzene rings is 1. The molecule has 0 saturated carbocycles. The van der Waals surface area contributed by atoms with Gasteiger partial charge in [0.1, 0.15) is 5.84 Å². The monoisotopic (exact) mass is 262 g/mol. The molecule has 1 aromatic carbocycles. The van der Waals surface area contributed by atoms with Gasteiger partial charge in [-0.25, -0.2) is 8.42 Å². The van der Waals surface area contributed by atoms with Gasteiger partial charge < -0.3 is 0 Å². The summed E-state index contributed by atoms with van der Waals surface area (Å²) in [4.78, 5) is 4.40. The highest BCUT2D eigenvalue weighted by Crippen LogP contribution is 2.16. The van der Waals surface area contributed by atoms with Crippen molar-refractivity contribution < 1.29 is 8.42 Å². The van der Waals surface area contributed by atoms with E-state index in [-0.39, 0.29) is 10.7 Å². The third-order valence-electron chi connectivity index (χ3n) is 2.85. The van der Waals surface area contributed by atoms with E-state index in [0.29, 0.717) is 18.8 Å². The fraction of sp³-hybridized carbons (Fsp3) is 0.417. The molecular formula is C12H15BN2O2S. The molecule has 0 aromatic heterocycles. The molecule has 1 unspecified atom stereocenters. The second kappa shape index (κ2) is 5.14. The molecule has 0 aliphatic carbocycles. The molecule has 1 aliphatic rings. The zero-order valence-electron chi connectivity index (χ0n) is 10.3. The Balaban J connectivity index is 2.15. The smallest absolute Gasteiger partial charge is 0.262 e. The molecule has 0 amide bonds. The first-order valence-corrected chi connectivity index (χ1v) is 7.34. The van der Waals surface area contributed by atoms with Crippen LogP contribution < -0.4 is 4.72 Å². The summed E-state index contributed by atoms with van der Waals surface area (Å²) in [6.07, 6.45) is 1.33. The Labute approximate surface area is 109 Å². The van der Waals surface area contributed by atoms with Gasteiger partial charge in [-0.15, -0.1) is 0 Å². The minimum absolute atomic E-state index is 0.0395. The zero-order valence-corrected chi connectivity index (χ0v) is 11.1. The number of amidine groups is 1. The number of hydrogen-bond donors (Lipinski definition) is 1. The molecule has 1 heterocycles. The van der Waals surface area contributed by atoms with E-state index in [1.165, 1.54) is 0 Å². The quantitative estimate of drug-likeness (QED) is 0.819. The van der Waals surface area contributed by atoms with E-state index in [1.807, 2.05) is 6.92 Å². The molecule has 0 spiro atoms. The highest BCUT2D eigenvalue weighted by Gasteiger charge is 2.18. The van der Waals surface area contributed by atoms with Crippen molar-refractivity contribution in [1.29, 1.82) is 0 Å². The van der Waals surface area contributed by atoms with Crippen LogP contribution in [0.5, 0.6) is 0 Å². The molecule has 2 radical (unpaired) electrons. The predicted molar refractivity (Wildman–Crippen MR) is 72.5 cm³/mol. The summed E-state index contributed by atoms with van der Waals surface area (Å²) in [5.41, 5.74) is 1.02. The number of nitrogens with zero attached hydrogens (tertiary/aromatic N) is 1. The Kier molecular flexibility index (Phi) is 3.75. The van der Waals surface area contributed by atoms with E-state index >= 15 is 0 Å². The van der Waals surface area contributed by atoms with Gasteiger partial charge in [-0.3, -0.25) is 9.71 Å². The van der Waals surface area contributed by atoms with E-state index in [2.05, 4.69) is 9.71 Å². The van der Waals surface area contributed by atoms with Crippen molar-refractivity contribution in [3.8, 4) is 0 Å². The molecule has 1 aromatic rings. The standard InChI is InChI=1S/C12H15BN2O2S/c1-9-2-5-11(6-3-9)18(16,17)15-12-7-4-10(13)8-14-12/h2-3,5-6,10H,4,7-8H2,1H3,(H,14,15). The normalized spacial score (nSPS) is 20.3. The number of aryl methyl sites for hydroxylation is 1. The molecule has 1 aliphatic heterocycles. The molecule has 0 fully saturated rings. The lowest BCUT2D eigenvalue weighted by molar-refractivity contribution is 0.590. The lowest BCUT2D eigenvalue weighted by atomic mass is 9.82. The van der Waals surface area contributed by atoms with Crippen molar-refractivity contribution in [2.75, 3.05) is 6.54 Å². The Hall–Kier alpha value is -1.30. The predicted octanol–water partition coefficient (Wildman–Crippen LogP) is 1.42. The van der Waals surface area contributed by atoms with Crippen molar-refractivity contribution in [2.45, 2.75) is 30.5 Å². The van der Waals surface area contributed by atoms with Crippen molar-refractivity contribution in [3.05, 3.63) is 29.8 Å². The second-order valence-corrected chi connectivity index (χ2v) is 6.19. The molecule has 0 bridgehead atoms. The van der Waals surface area contributed by atoms with E-state index in [1.54, 1.807) is 24.3 Å². The number of nitrogens with one attached hydrogen (secondary N) is 1. The van der Waals surface area contributed by atoms with Gasteiger partial charge in [0.05, 0.1) is 12.7 Å². The molecule has 94 valence electrons. The molecule has 1 N–H and O–H groups in total. The molecule has 2 rings (SSSR count). The maximum absolute atomic E-state index is 12.1. The van der Waals surface area contributed by atoms with Gasteiger partial charge in [-0.05, 0) is 25.5 Å². The number of aliphatic imine (C=N–C) groups is 1. The van der Waals surface area contributed by atoms with Crippen molar-refractivity contribution in [1.82, 2.24) is 4.72 Å². The first-order chi connectivity index (χ1) is 8.47. The number of sulfonamides is 1. The van der Waals surface area contributed by atoms with Gasteiger partial charge in [0, 0.05) is 13.0 Å².